The Bertz CT molecular complexity index is 781. The normalized spacial score (nSPS) is 10.2. The number of pyridine rings is 1. The van der Waals surface area contributed by atoms with Gasteiger partial charge in [0.2, 0.25) is 11.6 Å². The number of nitrogens with one attached hydrogen (secondary N) is 2. The summed E-state index contributed by atoms with van der Waals surface area (Å²) >= 11 is 0. The van der Waals surface area contributed by atoms with Crippen molar-refractivity contribution in [3.63, 3.8) is 0 Å². The van der Waals surface area contributed by atoms with E-state index in [1.165, 1.54) is 6.33 Å². The predicted molar refractivity (Wildman–Crippen MR) is 94.0 cm³/mol. The number of aromatic nitrogens is 3. The maximum atomic E-state index is 11.5. The average Bonchev–Trinajstić information content (AvgIpc) is 2.66. The van der Waals surface area contributed by atoms with Gasteiger partial charge in [0, 0.05) is 25.5 Å². The Balaban J connectivity index is 1.78. The van der Waals surface area contributed by atoms with Gasteiger partial charge in [0.05, 0.1) is 4.92 Å². The van der Waals surface area contributed by atoms with Gasteiger partial charge in [-0.1, -0.05) is 36.4 Å². The monoisotopic (exact) mass is 336 g/mol. The minimum absolute atomic E-state index is 0.166. The third-order valence-corrected chi connectivity index (χ3v) is 3.49. The van der Waals surface area contributed by atoms with E-state index in [-0.39, 0.29) is 17.3 Å². The van der Waals surface area contributed by atoms with Crippen molar-refractivity contribution in [1.82, 2.24) is 15.0 Å². The molecular weight excluding hydrogens is 320 g/mol. The molecule has 126 valence electrons. The minimum atomic E-state index is -0.487. The molecule has 0 aliphatic carbocycles. The van der Waals surface area contributed by atoms with Crippen molar-refractivity contribution in [3.05, 3.63) is 82.4 Å². The highest BCUT2D eigenvalue weighted by molar-refractivity contribution is 5.69. The van der Waals surface area contributed by atoms with E-state index < -0.39 is 4.92 Å². The molecule has 0 fully saturated rings. The van der Waals surface area contributed by atoms with Crippen LogP contribution in [0.1, 0.15) is 11.1 Å². The van der Waals surface area contributed by atoms with Gasteiger partial charge in [-0.05, 0) is 17.2 Å². The molecule has 2 aromatic heterocycles. The van der Waals surface area contributed by atoms with Gasteiger partial charge in [0.1, 0.15) is 6.33 Å². The number of anilines is 2. The molecule has 0 amide bonds. The van der Waals surface area contributed by atoms with Crippen molar-refractivity contribution in [2.75, 3.05) is 10.6 Å². The molecule has 8 nitrogen and oxygen atoms in total. The molecule has 0 radical (unpaired) electrons. The van der Waals surface area contributed by atoms with Crippen molar-refractivity contribution in [1.29, 1.82) is 0 Å². The number of nitrogens with zero attached hydrogens (tertiary/aromatic N) is 4. The van der Waals surface area contributed by atoms with Crippen LogP contribution in [0.5, 0.6) is 0 Å². The van der Waals surface area contributed by atoms with Crippen molar-refractivity contribution in [2.45, 2.75) is 13.1 Å². The lowest BCUT2D eigenvalue weighted by Gasteiger charge is -2.10. The fourth-order valence-electron chi connectivity index (χ4n) is 2.28. The Kier molecular flexibility index (Phi) is 5.10. The minimum Gasteiger partial charge on any atom is -0.360 e. The Hall–Kier alpha value is -3.55. The van der Waals surface area contributed by atoms with E-state index in [0.717, 1.165) is 11.1 Å². The lowest BCUT2D eigenvalue weighted by molar-refractivity contribution is -0.383. The van der Waals surface area contributed by atoms with Crippen molar-refractivity contribution >= 4 is 17.3 Å². The Morgan fingerprint density at radius 3 is 2.16 bits per heavy atom. The molecule has 0 aliphatic heterocycles. The van der Waals surface area contributed by atoms with Crippen LogP contribution in [0.25, 0.3) is 0 Å². The van der Waals surface area contributed by atoms with Gasteiger partial charge < -0.3 is 10.6 Å². The Morgan fingerprint density at radius 2 is 1.56 bits per heavy atom. The van der Waals surface area contributed by atoms with Crippen LogP contribution in [-0.2, 0) is 13.1 Å². The first-order valence-electron chi connectivity index (χ1n) is 7.64. The van der Waals surface area contributed by atoms with E-state index in [1.54, 1.807) is 18.5 Å². The van der Waals surface area contributed by atoms with Crippen LogP contribution in [-0.4, -0.2) is 19.9 Å². The van der Waals surface area contributed by atoms with Gasteiger partial charge in [0.15, 0.2) is 0 Å². The molecule has 0 unspecified atom stereocenters. The van der Waals surface area contributed by atoms with Crippen molar-refractivity contribution < 1.29 is 4.92 Å². The summed E-state index contributed by atoms with van der Waals surface area (Å²) in [5.41, 5.74) is 1.72. The molecule has 0 atom stereocenters. The average molecular weight is 336 g/mol. The molecule has 0 saturated carbocycles. The third-order valence-electron chi connectivity index (χ3n) is 3.49. The largest absolute Gasteiger partial charge is 0.360 e. The SMILES string of the molecule is O=[N+]([O-])c1c(NCc2ccccc2)ncnc1NCc1cccnc1. The van der Waals surface area contributed by atoms with Crippen LogP contribution in [0.15, 0.2) is 61.2 Å². The zero-order chi connectivity index (χ0) is 17.5. The van der Waals surface area contributed by atoms with Crippen LogP contribution < -0.4 is 10.6 Å². The highest BCUT2D eigenvalue weighted by Crippen LogP contribution is 2.29. The zero-order valence-electron chi connectivity index (χ0n) is 13.3. The molecule has 0 bridgehead atoms. The standard InChI is InChI=1S/C17H16N6O2/c24-23(25)15-16(19-10-13-5-2-1-3-6-13)21-12-22-17(15)20-11-14-7-4-8-18-9-14/h1-9,12H,10-11H2,(H2,19,20,21,22). The summed E-state index contributed by atoms with van der Waals surface area (Å²) in [6.07, 6.45) is 4.66. The summed E-state index contributed by atoms with van der Waals surface area (Å²) in [6.45, 7) is 0.810. The van der Waals surface area contributed by atoms with E-state index in [2.05, 4.69) is 25.6 Å². The zero-order valence-corrected chi connectivity index (χ0v) is 13.3. The lowest BCUT2D eigenvalue weighted by atomic mass is 10.2. The van der Waals surface area contributed by atoms with E-state index in [1.807, 2.05) is 36.4 Å². The van der Waals surface area contributed by atoms with Crippen LogP contribution in [0.2, 0.25) is 0 Å². The molecule has 8 heteroatoms. The van der Waals surface area contributed by atoms with Gasteiger partial charge >= 0.3 is 5.69 Å². The molecule has 2 heterocycles. The van der Waals surface area contributed by atoms with Gasteiger partial charge in [0.25, 0.3) is 0 Å². The number of hydrogen-bond donors (Lipinski definition) is 2. The predicted octanol–water partition coefficient (Wildman–Crippen LogP) is 3.00. The third kappa shape index (κ3) is 4.25. The van der Waals surface area contributed by atoms with E-state index >= 15 is 0 Å². The number of rotatable bonds is 7. The highest BCUT2D eigenvalue weighted by atomic mass is 16.6. The summed E-state index contributed by atoms with van der Waals surface area (Å²) in [5, 5.41) is 17.5. The fraction of sp³-hybridized carbons (Fsp3) is 0.118. The van der Waals surface area contributed by atoms with Crippen LogP contribution >= 0.6 is 0 Å². The van der Waals surface area contributed by atoms with Gasteiger partial charge in [-0.25, -0.2) is 9.97 Å². The molecule has 25 heavy (non-hydrogen) atoms. The molecule has 3 rings (SSSR count). The van der Waals surface area contributed by atoms with Gasteiger partial charge in [-0.3, -0.25) is 15.1 Å². The second-order valence-electron chi connectivity index (χ2n) is 5.23. The fourth-order valence-corrected chi connectivity index (χ4v) is 2.28. The quantitative estimate of drug-likeness (QED) is 0.504. The second kappa shape index (κ2) is 7.82. The van der Waals surface area contributed by atoms with Crippen molar-refractivity contribution in [3.8, 4) is 0 Å². The van der Waals surface area contributed by atoms with Crippen LogP contribution in [0, 0.1) is 10.1 Å². The van der Waals surface area contributed by atoms with Gasteiger partial charge in [-0.15, -0.1) is 0 Å². The second-order valence-corrected chi connectivity index (χ2v) is 5.23. The first kappa shape index (κ1) is 16.3. The maximum Gasteiger partial charge on any atom is 0.353 e. The van der Waals surface area contributed by atoms with E-state index in [9.17, 15) is 10.1 Å². The molecule has 2 N–H and O–H groups in total. The summed E-state index contributed by atoms with van der Waals surface area (Å²) in [5.74, 6) is 0.344. The number of hydrogen-bond acceptors (Lipinski definition) is 7. The summed E-state index contributed by atoms with van der Waals surface area (Å²) in [4.78, 5) is 23.0. The first-order valence-corrected chi connectivity index (χ1v) is 7.64. The first-order chi connectivity index (χ1) is 12.2. The van der Waals surface area contributed by atoms with E-state index in [0.29, 0.717) is 13.1 Å². The molecule has 0 saturated heterocycles. The molecule has 3 aromatic rings. The number of nitro groups is 1. The molecule has 1 aromatic carbocycles. The summed E-state index contributed by atoms with van der Waals surface area (Å²) in [6, 6.07) is 13.3. The highest BCUT2D eigenvalue weighted by Gasteiger charge is 2.22. The topological polar surface area (TPSA) is 106 Å². The summed E-state index contributed by atoms with van der Waals surface area (Å²) < 4.78 is 0. The van der Waals surface area contributed by atoms with Crippen molar-refractivity contribution in [2.24, 2.45) is 0 Å². The smallest absolute Gasteiger partial charge is 0.353 e. The maximum absolute atomic E-state index is 11.5. The van der Waals surface area contributed by atoms with E-state index in [4.69, 9.17) is 0 Å². The van der Waals surface area contributed by atoms with Crippen LogP contribution in [0.3, 0.4) is 0 Å². The number of benzene rings is 1. The molecular formula is C17H16N6O2. The van der Waals surface area contributed by atoms with Crippen LogP contribution in [0.4, 0.5) is 17.3 Å². The summed E-state index contributed by atoms with van der Waals surface area (Å²) in [7, 11) is 0. The Morgan fingerprint density at radius 1 is 0.920 bits per heavy atom. The lowest BCUT2D eigenvalue weighted by Crippen LogP contribution is -2.10. The molecule has 0 aliphatic rings. The molecule has 0 spiro atoms. The Labute approximate surface area is 144 Å². The van der Waals surface area contributed by atoms with Gasteiger partial charge in [-0.2, -0.15) is 0 Å².